The molecule has 0 bridgehead atoms. The lowest BCUT2D eigenvalue weighted by atomic mass is 9.72. The standard InChI is InChI=1S/C28H26BrNO/c1-27(2)22-8-5-6-11-25(22)30(26-23(27)9-7-10-24(26)28(3,4)31)21-15-13-18-16-20(29)14-12-19(18)17-21/h5-17,31H,1-4H3. The Bertz CT molecular complexity index is 1320. The Morgan fingerprint density at radius 3 is 2.26 bits per heavy atom. The molecule has 5 rings (SSSR count). The van der Waals surface area contributed by atoms with Crippen molar-refractivity contribution in [1.29, 1.82) is 0 Å². The number of para-hydroxylation sites is 2. The first-order valence-electron chi connectivity index (χ1n) is 10.6. The number of fused-ring (bicyclic) bond motifs is 3. The van der Waals surface area contributed by atoms with E-state index in [0.717, 1.165) is 27.1 Å². The molecule has 0 aromatic heterocycles. The van der Waals surface area contributed by atoms with Gasteiger partial charge < -0.3 is 10.0 Å². The minimum Gasteiger partial charge on any atom is -0.386 e. The number of nitrogens with zero attached hydrogens (tertiary/aromatic N) is 1. The van der Waals surface area contributed by atoms with Crippen LogP contribution >= 0.6 is 15.9 Å². The van der Waals surface area contributed by atoms with Crippen LogP contribution in [0, 0.1) is 0 Å². The first-order valence-corrected chi connectivity index (χ1v) is 11.4. The van der Waals surface area contributed by atoms with Crippen LogP contribution < -0.4 is 4.90 Å². The molecule has 156 valence electrons. The zero-order valence-corrected chi connectivity index (χ0v) is 19.9. The predicted molar refractivity (Wildman–Crippen MR) is 134 cm³/mol. The van der Waals surface area contributed by atoms with Crippen molar-refractivity contribution in [2.75, 3.05) is 4.90 Å². The van der Waals surface area contributed by atoms with Crippen molar-refractivity contribution in [1.82, 2.24) is 0 Å². The molecule has 0 saturated carbocycles. The van der Waals surface area contributed by atoms with E-state index in [1.54, 1.807) is 0 Å². The van der Waals surface area contributed by atoms with Gasteiger partial charge in [0.05, 0.1) is 17.0 Å². The van der Waals surface area contributed by atoms with Gasteiger partial charge in [0.25, 0.3) is 0 Å². The van der Waals surface area contributed by atoms with Gasteiger partial charge in [-0.2, -0.15) is 0 Å². The molecule has 4 aromatic carbocycles. The quantitative estimate of drug-likeness (QED) is 0.320. The number of benzene rings is 4. The maximum Gasteiger partial charge on any atom is 0.0860 e. The van der Waals surface area contributed by atoms with Gasteiger partial charge in [-0.25, -0.2) is 0 Å². The largest absolute Gasteiger partial charge is 0.386 e. The molecule has 0 aliphatic carbocycles. The molecule has 0 unspecified atom stereocenters. The van der Waals surface area contributed by atoms with Gasteiger partial charge in [0.15, 0.2) is 0 Å². The highest BCUT2D eigenvalue weighted by atomic mass is 79.9. The van der Waals surface area contributed by atoms with E-state index in [2.05, 4.69) is 107 Å². The number of aliphatic hydroxyl groups is 1. The molecule has 0 saturated heterocycles. The molecule has 1 aliphatic rings. The predicted octanol–water partition coefficient (Wildman–Crippen LogP) is 7.94. The lowest BCUT2D eigenvalue weighted by Gasteiger charge is -2.44. The summed E-state index contributed by atoms with van der Waals surface area (Å²) in [6.45, 7) is 8.28. The van der Waals surface area contributed by atoms with Gasteiger partial charge in [-0.1, -0.05) is 78.3 Å². The molecule has 1 heterocycles. The summed E-state index contributed by atoms with van der Waals surface area (Å²) in [5.41, 5.74) is 5.63. The zero-order chi connectivity index (χ0) is 22.0. The summed E-state index contributed by atoms with van der Waals surface area (Å²) in [5.74, 6) is 0. The third-order valence-electron chi connectivity index (χ3n) is 6.45. The number of halogens is 1. The fourth-order valence-electron chi connectivity index (χ4n) is 4.86. The average molecular weight is 472 g/mol. The second kappa shape index (κ2) is 6.94. The van der Waals surface area contributed by atoms with E-state index in [1.807, 2.05) is 19.9 Å². The monoisotopic (exact) mass is 471 g/mol. The summed E-state index contributed by atoms with van der Waals surface area (Å²) in [7, 11) is 0. The minimum atomic E-state index is -0.965. The van der Waals surface area contributed by atoms with Crippen LogP contribution in [-0.2, 0) is 11.0 Å². The fourth-order valence-corrected chi connectivity index (χ4v) is 5.24. The van der Waals surface area contributed by atoms with Crippen LogP contribution in [0.15, 0.2) is 83.3 Å². The number of anilines is 3. The van der Waals surface area contributed by atoms with E-state index >= 15 is 0 Å². The van der Waals surface area contributed by atoms with Crippen molar-refractivity contribution in [3.63, 3.8) is 0 Å². The van der Waals surface area contributed by atoms with Gasteiger partial charge in [0, 0.05) is 21.1 Å². The SMILES string of the molecule is CC(C)(O)c1cccc2c1N(c1ccc3cc(Br)ccc3c1)c1ccccc1C2(C)C. The first-order chi connectivity index (χ1) is 14.7. The van der Waals surface area contributed by atoms with E-state index < -0.39 is 5.60 Å². The van der Waals surface area contributed by atoms with Gasteiger partial charge in [-0.3, -0.25) is 0 Å². The van der Waals surface area contributed by atoms with E-state index in [4.69, 9.17) is 0 Å². The van der Waals surface area contributed by atoms with Crippen molar-refractivity contribution in [2.24, 2.45) is 0 Å². The van der Waals surface area contributed by atoms with Crippen molar-refractivity contribution in [3.8, 4) is 0 Å². The molecular weight excluding hydrogens is 446 g/mol. The molecule has 0 fully saturated rings. The number of hydrogen-bond donors (Lipinski definition) is 1. The molecule has 0 radical (unpaired) electrons. The summed E-state index contributed by atoms with van der Waals surface area (Å²) < 4.78 is 1.08. The molecular formula is C28H26BrNO. The summed E-state index contributed by atoms with van der Waals surface area (Å²) >= 11 is 3.58. The molecule has 31 heavy (non-hydrogen) atoms. The van der Waals surface area contributed by atoms with Crippen molar-refractivity contribution in [2.45, 2.75) is 38.7 Å². The van der Waals surface area contributed by atoms with Gasteiger partial charge in [0.1, 0.15) is 0 Å². The Labute approximate surface area is 192 Å². The smallest absolute Gasteiger partial charge is 0.0860 e. The van der Waals surface area contributed by atoms with Crippen LogP contribution in [-0.4, -0.2) is 5.11 Å². The maximum absolute atomic E-state index is 11.1. The van der Waals surface area contributed by atoms with Crippen LogP contribution in [0.1, 0.15) is 44.4 Å². The second-order valence-corrected chi connectivity index (χ2v) is 10.3. The van der Waals surface area contributed by atoms with Crippen LogP contribution in [0.5, 0.6) is 0 Å². The number of hydrogen-bond acceptors (Lipinski definition) is 2. The molecule has 2 nitrogen and oxygen atoms in total. The van der Waals surface area contributed by atoms with Crippen molar-refractivity contribution >= 4 is 43.8 Å². The maximum atomic E-state index is 11.1. The van der Waals surface area contributed by atoms with Gasteiger partial charge >= 0.3 is 0 Å². The Kier molecular flexibility index (Phi) is 4.55. The third kappa shape index (κ3) is 3.19. The van der Waals surface area contributed by atoms with Crippen molar-refractivity contribution < 1.29 is 5.11 Å². The normalized spacial score (nSPS) is 15.0. The second-order valence-electron chi connectivity index (χ2n) is 9.41. The van der Waals surface area contributed by atoms with Crippen molar-refractivity contribution in [3.05, 3.63) is 100 Å². The van der Waals surface area contributed by atoms with E-state index in [0.29, 0.717) is 0 Å². The highest BCUT2D eigenvalue weighted by Gasteiger charge is 2.39. The lowest BCUT2D eigenvalue weighted by molar-refractivity contribution is 0.0790. The first kappa shape index (κ1) is 20.3. The Morgan fingerprint density at radius 2 is 1.48 bits per heavy atom. The highest BCUT2D eigenvalue weighted by molar-refractivity contribution is 9.10. The van der Waals surface area contributed by atoms with E-state index in [1.165, 1.54) is 21.9 Å². The van der Waals surface area contributed by atoms with Crippen LogP contribution in [0.4, 0.5) is 17.1 Å². The lowest BCUT2D eigenvalue weighted by Crippen LogP contribution is -2.33. The van der Waals surface area contributed by atoms with E-state index in [-0.39, 0.29) is 5.41 Å². The molecule has 0 atom stereocenters. The van der Waals surface area contributed by atoms with Crippen LogP contribution in [0.3, 0.4) is 0 Å². The fraction of sp³-hybridized carbons (Fsp3) is 0.214. The molecule has 1 N–H and O–H groups in total. The highest BCUT2D eigenvalue weighted by Crippen LogP contribution is 2.54. The van der Waals surface area contributed by atoms with Gasteiger partial charge in [-0.15, -0.1) is 0 Å². The summed E-state index contributed by atoms with van der Waals surface area (Å²) in [5, 5.41) is 13.5. The minimum absolute atomic E-state index is 0.175. The van der Waals surface area contributed by atoms with Gasteiger partial charge in [-0.05, 0) is 66.1 Å². The molecule has 3 heteroatoms. The molecule has 1 aliphatic heterocycles. The van der Waals surface area contributed by atoms with Crippen LogP contribution in [0.2, 0.25) is 0 Å². The topological polar surface area (TPSA) is 23.5 Å². The zero-order valence-electron chi connectivity index (χ0n) is 18.3. The van der Waals surface area contributed by atoms with E-state index in [9.17, 15) is 5.11 Å². The van der Waals surface area contributed by atoms with Crippen LogP contribution in [0.25, 0.3) is 10.8 Å². The Morgan fingerprint density at radius 1 is 0.806 bits per heavy atom. The summed E-state index contributed by atoms with van der Waals surface area (Å²) in [6, 6.07) is 27.9. The van der Waals surface area contributed by atoms with Gasteiger partial charge in [0.2, 0.25) is 0 Å². The summed E-state index contributed by atoms with van der Waals surface area (Å²) in [4.78, 5) is 2.32. The average Bonchev–Trinajstić information content (AvgIpc) is 2.73. The summed E-state index contributed by atoms with van der Waals surface area (Å²) in [6.07, 6.45) is 0. The molecule has 0 spiro atoms. The molecule has 0 amide bonds. The Hall–Kier alpha value is -2.62. The molecule has 4 aromatic rings. The number of rotatable bonds is 2. The third-order valence-corrected chi connectivity index (χ3v) is 6.95. The Balaban J connectivity index is 1.86.